The summed E-state index contributed by atoms with van der Waals surface area (Å²) in [6.07, 6.45) is 0. The molecule has 2 aromatic rings. The molecular formula is C12H10NaO4S. The van der Waals surface area contributed by atoms with Crippen LogP contribution in [0.2, 0.25) is 0 Å². The van der Waals surface area contributed by atoms with Crippen molar-refractivity contribution in [3.05, 3.63) is 60.7 Å². The average molecular weight is 273 g/mol. The van der Waals surface area contributed by atoms with E-state index in [1.807, 2.05) is 0 Å². The summed E-state index contributed by atoms with van der Waals surface area (Å²) in [7, 11) is -4.09. The summed E-state index contributed by atoms with van der Waals surface area (Å²) in [6, 6.07) is 16.4. The maximum atomic E-state index is 11.5. The van der Waals surface area contributed by atoms with Gasteiger partial charge in [0, 0.05) is 29.6 Å². The first-order chi connectivity index (χ1) is 8.16. The summed E-state index contributed by atoms with van der Waals surface area (Å²) >= 11 is 0. The second-order valence-corrected chi connectivity index (χ2v) is 4.35. The molecule has 0 aliphatic heterocycles. The van der Waals surface area contributed by atoms with Gasteiger partial charge in [-0.2, -0.15) is 0 Å². The Bertz CT molecular complexity index is 522. The molecule has 0 fully saturated rings. The molecular weight excluding hydrogens is 263 g/mol. The first kappa shape index (κ1) is 15.0. The summed E-state index contributed by atoms with van der Waals surface area (Å²) in [6.45, 7) is 0. The minimum atomic E-state index is -4.09. The van der Waals surface area contributed by atoms with E-state index in [9.17, 15) is 8.42 Å². The topological polar surface area (TPSA) is 52.6 Å². The van der Waals surface area contributed by atoms with E-state index in [2.05, 4.69) is 0 Å². The third kappa shape index (κ3) is 4.70. The van der Waals surface area contributed by atoms with E-state index in [4.69, 9.17) is 8.37 Å². The maximum absolute atomic E-state index is 11.5. The Labute approximate surface area is 128 Å². The van der Waals surface area contributed by atoms with Crippen molar-refractivity contribution >= 4 is 40.0 Å². The van der Waals surface area contributed by atoms with E-state index in [0.29, 0.717) is 0 Å². The van der Waals surface area contributed by atoms with Crippen LogP contribution in [-0.2, 0) is 10.4 Å². The largest absolute Gasteiger partial charge is 0.500 e. The molecule has 6 heteroatoms. The van der Waals surface area contributed by atoms with E-state index < -0.39 is 10.4 Å². The van der Waals surface area contributed by atoms with Crippen LogP contribution in [0.15, 0.2) is 60.7 Å². The van der Waals surface area contributed by atoms with Gasteiger partial charge in [0.1, 0.15) is 11.5 Å². The van der Waals surface area contributed by atoms with Crippen molar-refractivity contribution in [2.45, 2.75) is 0 Å². The number of hydrogen-bond donors (Lipinski definition) is 0. The zero-order chi connectivity index (χ0) is 12.1. The van der Waals surface area contributed by atoms with Crippen molar-refractivity contribution in [2.24, 2.45) is 0 Å². The number of para-hydroxylation sites is 2. The fraction of sp³-hybridized carbons (Fsp3) is 0. The van der Waals surface area contributed by atoms with Gasteiger partial charge in [-0.3, -0.25) is 0 Å². The Morgan fingerprint density at radius 1 is 0.667 bits per heavy atom. The number of hydrogen-bond acceptors (Lipinski definition) is 4. The summed E-state index contributed by atoms with van der Waals surface area (Å²) in [5.74, 6) is 0.423. The predicted molar refractivity (Wildman–Crippen MR) is 68.8 cm³/mol. The molecule has 18 heavy (non-hydrogen) atoms. The molecule has 2 rings (SSSR count). The molecule has 4 nitrogen and oxygen atoms in total. The van der Waals surface area contributed by atoms with Crippen LogP contribution in [0.25, 0.3) is 0 Å². The fourth-order valence-corrected chi connectivity index (χ4v) is 1.93. The summed E-state index contributed by atoms with van der Waals surface area (Å²) < 4.78 is 32.6. The molecule has 0 aliphatic rings. The van der Waals surface area contributed by atoms with Crippen LogP contribution in [0.5, 0.6) is 11.5 Å². The van der Waals surface area contributed by atoms with Crippen molar-refractivity contribution in [3.63, 3.8) is 0 Å². The molecule has 0 unspecified atom stereocenters. The van der Waals surface area contributed by atoms with E-state index in [0.717, 1.165) is 0 Å². The van der Waals surface area contributed by atoms with Crippen LogP contribution in [0.3, 0.4) is 0 Å². The molecule has 0 saturated carbocycles. The van der Waals surface area contributed by atoms with Crippen molar-refractivity contribution in [1.82, 2.24) is 0 Å². The van der Waals surface area contributed by atoms with Crippen LogP contribution in [-0.4, -0.2) is 38.0 Å². The van der Waals surface area contributed by atoms with Gasteiger partial charge in [0.2, 0.25) is 0 Å². The van der Waals surface area contributed by atoms with E-state index in [-0.39, 0.29) is 41.1 Å². The van der Waals surface area contributed by atoms with Crippen LogP contribution >= 0.6 is 0 Å². The zero-order valence-corrected chi connectivity index (χ0v) is 12.6. The second-order valence-electron chi connectivity index (χ2n) is 3.20. The normalized spacial score (nSPS) is 10.2. The third-order valence-electron chi connectivity index (χ3n) is 1.88. The minimum Gasteiger partial charge on any atom is -0.353 e. The Morgan fingerprint density at radius 3 is 1.33 bits per heavy atom. The molecule has 0 saturated heterocycles. The molecule has 0 amide bonds. The Hall–Kier alpha value is -1.01. The third-order valence-corrected chi connectivity index (χ3v) is 2.68. The van der Waals surface area contributed by atoms with Gasteiger partial charge < -0.3 is 8.37 Å². The minimum absolute atomic E-state index is 0. The monoisotopic (exact) mass is 273 g/mol. The van der Waals surface area contributed by atoms with Gasteiger partial charge in [0.25, 0.3) is 0 Å². The van der Waals surface area contributed by atoms with Gasteiger partial charge in [-0.25, -0.2) is 0 Å². The van der Waals surface area contributed by atoms with Crippen LogP contribution < -0.4 is 8.37 Å². The van der Waals surface area contributed by atoms with Gasteiger partial charge >= 0.3 is 10.4 Å². The predicted octanol–water partition coefficient (Wildman–Crippen LogP) is 2.01. The van der Waals surface area contributed by atoms with Crippen LogP contribution in [0.4, 0.5) is 0 Å². The van der Waals surface area contributed by atoms with Crippen molar-refractivity contribution in [3.8, 4) is 11.5 Å². The number of benzene rings is 2. The fourth-order valence-electron chi connectivity index (χ4n) is 1.20. The molecule has 0 bridgehead atoms. The Morgan fingerprint density at radius 2 is 1.00 bits per heavy atom. The SMILES string of the molecule is O=S(=O)(Oc1ccccc1)Oc1ccccc1.[Na]. The van der Waals surface area contributed by atoms with Gasteiger partial charge in [-0.1, -0.05) is 36.4 Å². The van der Waals surface area contributed by atoms with Gasteiger partial charge in [0.15, 0.2) is 0 Å². The van der Waals surface area contributed by atoms with Crippen molar-refractivity contribution in [1.29, 1.82) is 0 Å². The maximum Gasteiger partial charge on any atom is 0.500 e. The molecule has 0 aliphatic carbocycles. The molecule has 0 spiro atoms. The average Bonchev–Trinajstić information content (AvgIpc) is 2.30. The van der Waals surface area contributed by atoms with E-state index in [1.54, 1.807) is 36.4 Å². The standard InChI is InChI=1S/C12H10O4S.Na/c13-17(14,15-11-7-3-1-4-8-11)16-12-9-5-2-6-10-12;/h1-10H;. The molecule has 0 heterocycles. The molecule has 1 radical (unpaired) electrons. The van der Waals surface area contributed by atoms with Gasteiger partial charge in [-0.05, 0) is 24.3 Å². The Kier molecular flexibility index (Phi) is 5.68. The zero-order valence-electron chi connectivity index (χ0n) is 9.81. The molecule has 2 aromatic carbocycles. The summed E-state index contributed by atoms with van der Waals surface area (Å²) in [5.41, 5.74) is 0. The first-order valence-electron chi connectivity index (χ1n) is 4.90. The van der Waals surface area contributed by atoms with Crippen LogP contribution in [0.1, 0.15) is 0 Å². The second kappa shape index (κ2) is 6.80. The Balaban J connectivity index is 0.00000162. The quantitative estimate of drug-likeness (QED) is 0.800. The number of rotatable bonds is 4. The molecule has 0 aromatic heterocycles. The smallest absolute Gasteiger partial charge is 0.353 e. The van der Waals surface area contributed by atoms with E-state index >= 15 is 0 Å². The molecule has 0 N–H and O–H groups in total. The summed E-state index contributed by atoms with van der Waals surface area (Å²) in [4.78, 5) is 0. The van der Waals surface area contributed by atoms with E-state index in [1.165, 1.54) is 24.3 Å². The molecule has 0 atom stereocenters. The van der Waals surface area contributed by atoms with Crippen molar-refractivity contribution < 1.29 is 16.8 Å². The van der Waals surface area contributed by atoms with Crippen LogP contribution in [0, 0.1) is 0 Å². The summed E-state index contributed by atoms with van der Waals surface area (Å²) in [5, 5.41) is 0. The van der Waals surface area contributed by atoms with Crippen molar-refractivity contribution in [2.75, 3.05) is 0 Å². The van der Waals surface area contributed by atoms with Gasteiger partial charge in [0.05, 0.1) is 0 Å². The van der Waals surface area contributed by atoms with Gasteiger partial charge in [-0.15, -0.1) is 8.42 Å². The first-order valence-corrected chi connectivity index (χ1v) is 6.23. The molecule has 89 valence electrons.